The van der Waals surface area contributed by atoms with Crippen molar-refractivity contribution in [3.63, 3.8) is 0 Å². The van der Waals surface area contributed by atoms with E-state index < -0.39 is 0 Å². The first kappa shape index (κ1) is 15.2. The highest BCUT2D eigenvalue weighted by Crippen LogP contribution is 2.28. The van der Waals surface area contributed by atoms with E-state index in [2.05, 4.69) is 21.2 Å². The van der Waals surface area contributed by atoms with Gasteiger partial charge in [0, 0.05) is 13.1 Å². The first-order valence-electron chi connectivity index (χ1n) is 5.81. The van der Waals surface area contributed by atoms with Gasteiger partial charge in [0.1, 0.15) is 0 Å². The Morgan fingerprint density at radius 3 is 2.56 bits per heavy atom. The summed E-state index contributed by atoms with van der Waals surface area (Å²) in [6.45, 7) is 6.87. The standard InChI is InChI=1S/C12H17BrN2O2S/c1-4-14-10(16)7-15(5-2)12(17)9-6-8(3)11(13)18-9/h6H,4-5,7H2,1-3H3,(H,14,16). The van der Waals surface area contributed by atoms with Crippen LogP contribution in [0.1, 0.15) is 29.1 Å². The molecule has 0 bridgehead atoms. The molecule has 6 heteroatoms. The Bertz CT molecular complexity index is 426. The Hall–Kier alpha value is -0.880. The van der Waals surface area contributed by atoms with E-state index in [1.54, 1.807) is 4.90 Å². The van der Waals surface area contributed by atoms with Crippen molar-refractivity contribution in [1.29, 1.82) is 0 Å². The number of aryl methyl sites for hydroxylation is 1. The van der Waals surface area contributed by atoms with E-state index in [1.165, 1.54) is 11.3 Å². The molecule has 100 valence electrons. The molecule has 4 nitrogen and oxygen atoms in total. The van der Waals surface area contributed by atoms with Crippen molar-refractivity contribution in [1.82, 2.24) is 10.2 Å². The zero-order valence-corrected chi connectivity index (χ0v) is 13.2. The second-order valence-electron chi connectivity index (χ2n) is 3.84. The maximum Gasteiger partial charge on any atom is 0.264 e. The number of rotatable bonds is 5. The third-order valence-corrected chi connectivity index (χ3v) is 4.57. The molecule has 2 amide bonds. The van der Waals surface area contributed by atoms with Crippen molar-refractivity contribution in [2.24, 2.45) is 0 Å². The lowest BCUT2D eigenvalue weighted by Crippen LogP contribution is -2.40. The highest BCUT2D eigenvalue weighted by atomic mass is 79.9. The molecule has 0 aliphatic carbocycles. The molecule has 18 heavy (non-hydrogen) atoms. The number of amides is 2. The molecule has 0 spiro atoms. The highest BCUT2D eigenvalue weighted by molar-refractivity contribution is 9.11. The van der Waals surface area contributed by atoms with Crippen molar-refractivity contribution in [3.8, 4) is 0 Å². The summed E-state index contributed by atoms with van der Waals surface area (Å²) in [4.78, 5) is 25.9. The van der Waals surface area contributed by atoms with E-state index in [0.29, 0.717) is 18.0 Å². The lowest BCUT2D eigenvalue weighted by Gasteiger charge is -2.19. The van der Waals surface area contributed by atoms with E-state index in [1.807, 2.05) is 26.8 Å². The number of carbonyl (C=O) groups excluding carboxylic acids is 2. The number of likely N-dealkylation sites (N-methyl/N-ethyl adjacent to an activating group) is 2. The zero-order chi connectivity index (χ0) is 13.7. The molecule has 0 saturated carbocycles. The maximum absolute atomic E-state index is 12.2. The summed E-state index contributed by atoms with van der Waals surface area (Å²) in [6, 6.07) is 1.84. The van der Waals surface area contributed by atoms with Gasteiger partial charge < -0.3 is 10.2 Å². The first-order valence-corrected chi connectivity index (χ1v) is 7.42. The fourth-order valence-corrected chi connectivity index (χ4v) is 2.98. The molecule has 1 rings (SSSR count). The monoisotopic (exact) mass is 332 g/mol. The molecule has 1 heterocycles. The summed E-state index contributed by atoms with van der Waals surface area (Å²) in [6.07, 6.45) is 0. The number of thiophene rings is 1. The lowest BCUT2D eigenvalue weighted by atomic mass is 10.3. The molecule has 0 radical (unpaired) electrons. The Kier molecular flexibility index (Phi) is 5.81. The quantitative estimate of drug-likeness (QED) is 0.900. The minimum absolute atomic E-state index is 0.0949. The predicted molar refractivity (Wildman–Crippen MR) is 77.0 cm³/mol. The number of nitrogens with zero attached hydrogens (tertiary/aromatic N) is 1. The van der Waals surface area contributed by atoms with Crippen LogP contribution in [0.15, 0.2) is 9.85 Å². The van der Waals surface area contributed by atoms with Gasteiger partial charge in [-0.15, -0.1) is 11.3 Å². The molecule has 0 aliphatic heterocycles. The molecule has 0 fully saturated rings. The Morgan fingerprint density at radius 2 is 2.11 bits per heavy atom. The fraction of sp³-hybridized carbons (Fsp3) is 0.500. The summed E-state index contributed by atoms with van der Waals surface area (Å²) in [5.41, 5.74) is 1.04. The summed E-state index contributed by atoms with van der Waals surface area (Å²) in [7, 11) is 0. The minimum atomic E-state index is -0.125. The van der Waals surface area contributed by atoms with Gasteiger partial charge in [0.15, 0.2) is 0 Å². The molecule has 0 saturated heterocycles. The van der Waals surface area contributed by atoms with E-state index in [0.717, 1.165) is 9.35 Å². The van der Waals surface area contributed by atoms with Gasteiger partial charge in [-0.05, 0) is 48.3 Å². The Balaban J connectivity index is 2.76. The number of carbonyl (C=O) groups is 2. The molecule has 1 N–H and O–H groups in total. The van der Waals surface area contributed by atoms with Gasteiger partial charge in [0.25, 0.3) is 5.91 Å². The molecule has 0 aliphatic rings. The van der Waals surface area contributed by atoms with Gasteiger partial charge in [-0.2, -0.15) is 0 Å². The second-order valence-corrected chi connectivity index (χ2v) is 6.21. The smallest absolute Gasteiger partial charge is 0.264 e. The average molecular weight is 333 g/mol. The van der Waals surface area contributed by atoms with Gasteiger partial charge in [-0.25, -0.2) is 0 Å². The van der Waals surface area contributed by atoms with E-state index in [9.17, 15) is 9.59 Å². The Labute approximate surface area is 119 Å². The van der Waals surface area contributed by atoms with Gasteiger partial charge in [0.2, 0.25) is 5.91 Å². The van der Waals surface area contributed by atoms with Crippen LogP contribution in [0.5, 0.6) is 0 Å². The highest BCUT2D eigenvalue weighted by Gasteiger charge is 2.19. The van der Waals surface area contributed by atoms with Crippen LogP contribution in [0.4, 0.5) is 0 Å². The van der Waals surface area contributed by atoms with Crippen LogP contribution < -0.4 is 5.32 Å². The van der Waals surface area contributed by atoms with Crippen molar-refractivity contribution in [3.05, 3.63) is 20.3 Å². The topological polar surface area (TPSA) is 49.4 Å². The normalized spacial score (nSPS) is 10.2. The van der Waals surface area contributed by atoms with Crippen LogP contribution in [0.2, 0.25) is 0 Å². The van der Waals surface area contributed by atoms with E-state index >= 15 is 0 Å². The van der Waals surface area contributed by atoms with Crippen LogP contribution >= 0.6 is 27.3 Å². The van der Waals surface area contributed by atoms with Gasteiger partial charge in [-0.1, -0.05) is 0 Å². The summed E-state index contributed by atoms with van der Waals surface area (Å²) >= 11 is 4.80. The minimum Gasteiger partial charge on any atom is -0.355 e. The third kappa shape index (κ3) is 3.81. The largest absolute Gasteiger partial charge is 0.355 e. The van der Waals surface area contributed by atoms with Gasteiger partial charge >= 0.3 is 0 Å². The van der Waals surface area contributed by atoms with Crippen LogP contribution in [0.25, 0.3) is 0 Å². The van der Waals surface area contributed by atoms with Crippen LogP contribution in [0.3, 0.4) is 0 Å². The molecule has 1 aromatic rings. The first-order chi connectivity index (χ1) is 8.49. The third-order valence-electron chi connectivity index (χ3n) is 2.45. The van der Waals surface area contributed by atoms with Crippen LogP contribution in [0, 0.1) is 6.92 Å². The molecule has 0 unspecified atom stereocenters. The number of halogens is 1. The average Bonchev–Trinajstić information content (AvgIpc) is 2.66. The maximum atomic E-state index is 12.2. The number of hydrogen-bond acceptors (Lipinski definition) is 3. The number of hydrogen-bond donors (Lipinski definition) is 1. The van der Waals surface area contributed by atoms with Gasteiger partial charge in [-0.3, -0.25) is 9.59 Å². The van der Waals surface area contributed by atoms with Gasteiger partial charge in [0.05, 0.1) is 15.2 Å². The molecular formula is C12H17BrN2O2S. The SMILES string of the molecule is CCNC(=O)CN(CC)C(=O)c1cc(C)c(Br)s1. The van der Waals surface area contributed by atoms with E-state index in [-0.39, 0.29) is 18.4 Å². The summed E-state index contributed by atoms with van der Waals surface area (Å²) in [5.74, 6) is -0.220. The summed E-state index contributed by atoms with van der Waals surface area (Å²) in [5, 5.41) is 2.69. The van der Waals surface area contributed by atoms with Crippen molar-refractivity contribution in [2.45, 2.75) is 20.8 Å². The number of nitrogens with one attached hydrogen (secondary N) is 1. The predicted octanol–water partition coefficient (Wildman–Crippen LogP) is 2.42. The molecule has 0 aromatic carbocycles. The molecule has 1 aromatic heterocycles. The summed E-state index contributed by atoms with van der Waals surface area (Å²) < 4.78 is 0.958. The van der Waals surface area contributed by atoms with Crippen LogP contribution in [-0.4, -0.2) is 36.3 Å². The fourth-order valence-electron chi connectivity index (χ4n) is 1.47. The van der Waals surface area contributed by atoms with Crippen molar-refractivity contribution in [2.75, 3.05) is 19.6 Å². The lowest BCUT2D eigenvalue weighted by molar-refractivity contribution is -0.121. The van der Waals surface area contributed by atoms with Crippen molar-refractivity contribution >= 4 is 39.1 Å². The molecule has 0 atom stereocenters. The molecular weight excluding hydrogens is 316 g/mol. The van der Waals surface area contributed by atoms with E-state index in [4.69, 9.17) is 0 Å². The Morgan fingerprint density at radius 1 is 1.44 bits per heavy atom. The second kappa shape index (κ2) is 6.89. The van der Waals surface area contributed by atoms with Crippen LogP contribution in [-0.2, 0) is 4.79 Å². The zero-order valence-electron chi connectivity index (χ0n) is 10.7. The van der Waals surface area contributed by atoms with Crippen molar-refractivity contribution < 1.29 is 9.59 Å².